The highest BCUT2D eigenvalue weighted by molar-refractivity contribution is 5.23. The summed E-state index contributed by atoms with van der Waals surface area (Å²) >= 11 is 0. The molecule has 1 aromatic rings. The van der Waals surface area contributed by atoms with Gasteiger partial charge in [-0.15, -0.1) is 0 Å². The molecule has 0 aliphatic rings. The van der Waals surface area contributed by atoms with Crippen molar-refractivity contribution in [1.29, 1.82) is 0 Å². The monoisotopic (exact) mass is 155 g/mol. The minimum Gasteiger partial charge on any atom is -0.506 e. The van der Waals surface area contributed by atoms with Crippen molar-refractivity contribution in [2.45, 2.75) is 13.0 Å². The molecule has 3 N–H and O–H groups in total. The van der Waals surface area contributed by atoms with Crippen molar-refractivity contribution in [3.8, 4) is 5.75 Å². The van der Waals surface area contributed by atoms with Crippen LogP contribution in [-0.4, -0.2) is 15.2 Å². The Balaban J connectivity index is 3.24. The van der Waals surface area contributed by atoms with Crippen molar-refractivity contribution < 1.29 is 10.2 Å². The summed E-state index contributed by atoms with van der Waals surface area (Å²) in [7, 11) is 0. The fourth-order valence-corrected chi connectivity index (χ4v) is 0.800. The van der Waals surface area contributed by atoms with Gasteiger partial charge < -0.3 is 15.2 Å². The number of hydrogen-bond donors (Lipinski definition) is 3. The van der Waals surface area contributed by atoms with Gasteiger partial charge in [0, 0.05) is 11.8 Å². The third-order valence-electron chi connectivity index (χ3n) is 1.37. The van der Waals surface area contributed by atoms with Gasteiger partial charge in [0.05, 0.1) is 6.10 Å². The SMILES string of the molecule is CC(O)c1cc(O)c[nH]c1=O. The average Bonchev–Trinajstić information content (AvgIpc) is 1.94. The Morgan fingerprint density at radius 3 is 2.73 bits per heavy atom. The molecule has 11 heavy (non-hydrogen) atoms. The van der Waals surface area contributed by atoms with Crippen LogP contribution in [0.4, 0.5) is 0 Å². The number of nitrogens with one attached hydrogen (secondary N) is 1. The first kappa shape index (κ1) is 7.81. The van der Waals surface area contributed by atoms with Crippen molar-refractivity contribution in [3.63, 3.8) is 0 Å². The van der Waals surface area contributed by atoms with Crippen LogP contribution in [0.1, 0.15) is 18.6 Å². The van der Waals surface area contributed by atoms with E-state index in [1.807, 2.05) is 0 Å². The lowest BCUT2D eigenvalue weighted by Gasteiger charge is -2.01. The van der Waals surface area contributed by atoms with Crippen LogP contribution in [0.15, 0.2) is 17.1 Å². The zero-order chi connectivity index (χ0) is 8.43. The summed E-state index contributed by atoms with van der Waals surface area (Å²) in [5, 5.41) is 17.9. The van der Waals surface area contributed by atoms with E-state index in [9.17, 15) is 4.79 Å². The number of H-pyrrole nitrogens is 1. The van der Waals surface area contributed by atoms with E-state index in [0.717, 1.165) is 0 Å². The van der Waals surface area contributed by atoms with E-state index >= 15 is 0 Å². The Labute approximate surface area is 63.1 Å². The molecule has 0 bridgehead atoms. The molecule has 1 unspecified atom stereocenters. The number of aliphatic hydroxyl groups is 1. The molecule has 1 aromatic heterocycles. The third kappa shape index (κ3) is 1.59. The predicted octanol–water partition coefficient (Wildman–Crippen LogP) is 0.134. The lowest BCUT2D eigenvalue weighted by atomic mass is 10.2. The van der Waals surface area contributed by atoms with Crippen molar-refractivity contribution >= 4 is 0 Å². The number of aliphatic hydroxyl groups excluding tert-OH is 1. The lowest BCUT2D eigenvalue weighted by Crippen LogP contribution is -2.13. The molecule has 1 rings (SSSR count). The Morgan fingerprint density at radius 2 is 2.27 bits per heavy atom. The van der Waals surface area contributed by atoms with E-state index in [2.05, 4.69) is 4.98 Å². The highest BCUT2D eigenvalue weighted by Gasteiger charge is 2.05. The summed E-state index contributed by atoms with van der Waals surface area (Å²) in [6, 6.07) is 1.24. The fraction of sp³-hybridized carbons (Fsp3) is 0.286. The van der Waals surface area contributed by atoms with Crippen molar-refractivity contribution in [2.24, 2.45) is 0 Å². The predicted molar refractivity (Wildman–Crippen MR) is 39.4 cm³/mol. The van der Waals surface area contributed by atoms with Gasteiger partial charge in [-0.2, -0.15) is 0 Å². The van der Waals surface area contributed by atoms with Gasteiger partial charge in [-0.05, 0) is 13.0 Å². The number of aromatic hydroxyl groups is 1. The summed E-state index contributed by atoms with van der Waals surface area (Å²) in [5.41, 5.74) is -0.206. The quantitative estimate of drug-likeness (QED) is 0.539. The van der Waals surface area contributed by atoms with Crippen LogP contribution in [0.5, 0.6) is 5.75 Å². The van der Waals surface area contributed by atoms with E-state index in [1.165, 1.54) is 19.2 Å². The molecule has 0 radical (unpaired) electrons. The average molecular weight is 155 g/mol. The zero-order valence-electron chi connectivity index (χ0n) is 6.03. The molecular weight excluding hydrogens is 146 g/mol. The maximum atomic E-state index is 10.9. The summed E-state index contributed by atoms with van der Waals surface area (Å²) in [4.78, 5) is 13.2. The number of hydrogen-bond acceptors (Lipinski definition) is 3. The number of aromatic nitrogens is 1. The molecule has 0 saturated heterocycles. The highest BCUT2D eigenvalue weighted by Crippen LogP contribution is 2.11. The molecule has 1 heterocycles. The normalized spacial score (nSPS) is 12.9. The van der Waals surface area contributed by atoms with Crippen LogP contribution in [0.25, 0.3) is 0 Å². The largest absolute Gasteiger partial charge is 0.506 e. The topological polar surface area (TPSA) is 73.3 Å². The molecule has 4 nitrogen and oxygen atoms in total. The Bertz CT molecular complexity index is 303. The van der Waals surface area contributed by atoms with Crippen LogP contribution in [0, 0.1) is 0 Å². The van der Waals surface area contributed by atoms with Gasteiger partial charge in [-0.1, -0.05) is 0 Å². The molecular formula is C7H9NO3. The van der Waals surface area contributed by atoms with Gasteiger partial charge in [-0.3, -0.25) is 4.79 Å². The highest BCUT2D eigenvalue weighted by atomic mass is 16.3. The second-order valence-corrected chi connectivity index (χ2v) is 2.32. The first-order chi connectivity index (χ1) is 5.11. The Kier molecular flexibility index (Phi) is 1.96. The van der Waals surface area contributed by atoms with Crippen molar-refractivity contribution in [1.82, 2.24) is 4.98 Å². The van der Waals surface area contributed by atoms with Crippen LogP contribution >= 0.6 is 0 Å². The second kappa shape index (κ2) is 2.75. The van der Waals surface area contributed by atoms with E-state index < -0.39 is 6.10 Å². The minimum absolute atomic E-state index is 0.0551. The van der Waals surface area contributed by atoms with Crippen molar-refractivity contribution in [3.05, 3.63) is 28.2 Å². The maximum absolute atomic E-state index is 10.9. The van der Waals surface area contributed by atoms with Gasteiger partial charge in [0.25, 0.3) is 5.56 Å². The molecule has 0 aliphatic carbocycles. The number of rotatable bonds is 1. The summed E-state index contributed by atoms with van der Waals surface area (Å²) < 4.78 is 0. The van der Waals surface area contributed by atoms with Gasteiger partial charge in [-0.25, -0.2) is 0 Å². The first-order valence-corrected chi connectivity index (χ1v) is 3.21. The van der Waals surface area contributed by atoms with Gasteiger partial charge in [0.15, 0.2) is 0 Å². The van der Waals surface area contributed by atoms with Crippen LogP contribution < -0.4 is 5.56 Å². The number of aromatic amines is 1. The van der Waals surface area contributed by atoms with Crippen molar-refractivity contribution in [2.75, 3.05) is 0 Å². The van der Waals surface area contributed by atoms with E-state index in [4.69, 9.17) is 10.2 Å². The van der Waals surface area contributed by atoms with Crippen LogP contribution in [0.2, 0.25) is 0 Å². The Hall–Kier alpha value is -1.29. The van der Waals surface area contributed by atoms with E-state index in [0.29, 0.717) is 0 Å². The van der Waals surface area contributed by atoms with Crippen LogP contribution in [-0.2, 0) is 0 Å². The summed E-state index contributed by atoms with van der Waals surface area (Å²) in [6.45, 7) is 1.46. The molecule has 0 aliphatic heterocycles. The minimum atomic E-state index is -0.856. The maximum Gasteiger partial charge on any atom is 0.253 e. The third-order valence-corrected chi connectivity index (χ3v) is 1.37. The van der Waals surface area contributed by atoms with E-state index in [1.54, 1.807) is 0 Å². The lowest BCUT2D eigenvalue weighted by molar-refractivity contribution is 0.197. The second-order valence-electron chi connectivity index (χ2n) is 2.32. The molecule has 0 aromatic carbocycles. The van der Waals surface area contributed by atoms with E-state index in [-0.39, 0.29) is 16.9 Å². The molecule has 4 heteroatoms. The standard InChI is InChI=1S/C7H9NO3/c1-4(9)6-2-5(10)3-8-7(6)11/h2-4,9-10H,1H3,(H,8,11). The molecule has 0 amide bonds. The van der Waals surface area contributed by atoms with Gasteiger partial charge >= 0.3 is 0 Å². The molecule has 0 fully saturated rings. The summed E-state index contributed by atoms with van der Waals surface area (Å²) in [5.74, 6) is -0.0551. The molecule has 0 spiro atoms. The molecule has 60 valence electrons. The first-order valence-electron chi connectivity index (χ1n) is 3.21. The number of pyridine rings is 1. The Morgan fingerprint density at radius 1 is 1.64 bits per heavy atom. The fourth-order valence-electron chi connectivity index (χ4n) is 0.800. The smallest absolute Gasteiger partial charge is 0.253 e. The molecule has 0 saturated carbocycles. The van der Waals surface area contributed by atoms with Gasteiger partial charge in [0.1, 0.15) is 5.75 Å². The zero-order valence-corrected chi connectivity index (χ0v) is 6.03. The van der Waals surface area contributed by atoms with Gasteiger partial charge in [0.2, 0.25) is 0 Å². The molecule has 1 atom stereocenters. The summed E-state index contributed by atoms with van der Waals surface area (Å²) in [6.07, 6.45) is 0.319. The van der Waals surface area contributed by atoms with Crippen LogP contribution in [0.3, 0.4) is 0 Å².